The molecule has 0 radical (unpaired) electrons. The first-order valence-corrected chi connectivity index (χ1v) is 6.64. The molecule has 0 aliphatic carbocycles. The van der Waals surface area contributed by atoms with E-state index in [0.29, 0.717) is 12.1 Å². The Morgan fingerprint density at radius 1 is 1.21 bits per heavy atom. The van der Waals surface area contributed by atoms with Gasteiger partial charge in [-0.2, -0.15) is 0 Å². The Kier molecular flexibility index (Phi) is 4.61. The zero-order chi connectivity index (χ0) is 13.8. The molecular weight excluding hydrogens is 314 g/mol. The van der Waals surface area contributed by atoms with E-state index >= 15 is 0 Å². The van der Waals surface area contributed by atoms with E-state index < -0.39 is 11.6 Å². The summed E-state index contributed by atoms with van der Waals surface area (Å²) in [6, 6.07) is 7.67. The van der Waals surface area contributed by atoms with E-state index in [4.69, 9.17) is 0 Å². The normalized spacial score (nSPS) is 12.4. The van der Waals surface area contributed by atoms with E-state index in [1.54, 1.807) is 12.3 Å². The van der Waals surface area contributed by atoms with Crippen molar-refractivity contribution in [3.8, 4) is 0 Å². The average Bonchev–Trinajstić information content (AvgIpc) is 2.41. The van der Waals surface area contributed by atoms with Crippen LogP contribution in [0.3, 0.4) is 0 Å². The van der Waals surface area contributed by atoms with Gasteiger partial charge in [0.15, 0.2) is 11.6 Å². The summed E-state index contributed by atoms with van der Waals surface area (Å²) in [7, 11) is 0. The van der Waals surface area contributed by atoms with Crippen molar-refractivity contribution in [1.82, 2.24) is 10.3 Å². The molecule has 0 saturated carbocycles. The van der Waals surface area contributed by atoms with Gasteiger partial charge in [-0.1, -0.05) is 12.1 Å². The monoisotopic (exact) mass is 326 g/mol. The smallest absolute Gasteiger partial charge is 0.159 e. The number of hydrogen-bond donors (Lipinski definition) is 1. The molecule has 2 aromatic rings. The van der Waals surface area contributed by atoms with E-state index in [0.717, 1.165) is 16.2 Å². The molecule has 0 saturated heterocycles. The van der Waals surface area contributed by atoms with Crippen LogP contribution in [0.25, 0.3) is 0 Å². The Hall–Kier alpha value is -1.33. The SMILES string of the molecule is C[C@@H](NCc1ccc(Br)nc1)c1ccc(F)c(F)c1. The number of halogens is 3. The maximum Gasteiger partial charge on any atom is 0.159 e. The second kappa shape index (κ2) is 6.21. The minimum Gasteiger partial charge on any atom is -0.306 e. The molecule has 0 spiro atoms. The molecule has 0 aliphatic rings. The largest absolute Gasteiger partial charge is 0.306 e. The summed E-state index contributed by atoms with van der Waals surface area (Å²) in [6.07, 6.45) is 1.76. The molecule has 19 heavy (non-hydrogen) atoms. The van der Waals surface area contributed by atoms with Crippen LogP contribution in [0.1, 0.15) is 24.1 Å². The molecule has 0 aliphatic heterocycles. The molecular formula is C14H13BrF2N2. The van der Waals surface area contributed by atoms with Crippen LogP contribution in [0.15, 0.2) is 41.1 Å². The van der Waals surface area contributed by atoms with Crippen molar-refractivity contribution in [2.45, 2.75) is 19.5 Å². The van der Waals surface area contributed by atoms with Gasteiger partial charge in [0.05, 0.1) is 0 Å². The summed E-state index contributed by atoms with van der Waals surface area (Å²) in [6.45, 7) is 2.51. The van der Waals surface area contributed by atoms with Gasteiger partial charge >= 0.3 is 0 Å². The highest BCUT2D eigenvalue weighted by atomic mass is 79.9. The van der Waals surface area contributed by atoms with Gasteiger partial charge in [-0.05, 0) is 52.2 Å². The summed E-state index contributed by atoms with van der Waals surface area (Å²) < 4.78 is 26.8. The summed E-state index contributed by atoms with van der Waals surface area (Å²) in [5, 5.41) is 3.24. The maximum absolute atomic E-state index is 13.1. The lowest BCUT2D eigenvalue weighted by molar-refractivity contribution is 0.500. The van der Waals surface area contributed by atoms with Crippen molar-refractivity contribution in [3.05, 3.63) is 63.9 Å². The summed E-state index contributed by atoms with van der Waals surface area (Å²) >= 11 is 3.27. The molecule has 2 nitrogen and oxygen atoms in total. The summed E-state index contributed by atoms with van der Waals surface area (Å²) in [4.78, 5) is 4.12. The quantitative estimate of drug-likeness (QED) is 0.860. The number of benzene rings is 1. The van der Waals surface area contributed by atoms with Gasteiger partial charge < -0.3 is 5.32 Å². The summed E-state index contributed by atoms with van der Waals surface area (Å²) in [5.41, 5.74) is 1.74. The van der Waals surface area contributed by atoms with E-state index in [2.05, 4.69) is 26.2 Å². The first-order chi connectivity index (χ1) is 9.06. The molecule has 0 fully saturated rings. The van der Waals surface area contributed by atoms with Crippen molar-refractivity contribution in [1.29, 1.82) is 0 Å². The highest BCUT2D eigenvalue weighted by molar-refractivity contribution is 9.10. The third-order valence-corrected chi connectivity index (χ3v) is 3.31. The number of nitrogens with one attached hydrogen (secondary N) is 1. The number of hydrogen-bond acceptors (Lipinski definition) is 2. The Morgan fingerprint density at radius 3 is 2.63 bits per heavy atom. The van der Waals surface area contributed by atoms with Crippen molar-refractivity contribution in [2.75, 3.05) is 0 Å². The fraction of sp³-hybridized carbons (Fsp3) is 0.214. The van der Waals surface area contributed by atoms with Gasteiger partial charge in [0.2, 0.25) is 0 Å². The topological polar surface area (TPSA) is 24.9 Å². The van der Waals surface area contributed by atoms with Gasteiger partial charge in [-0.15, -0.1) is 0 Å². The Balaban J connectivity index is 1.98. The first kappa shape index (κ1) is 14.1. The zero-order valence-electron chi connectivity index (χ0n) is 10.3. The van der Waals surface area contributed by atoms with Crippen LogP contribution >= 0.6 is 15.9 Å². The van der Waals surface area contributed by atoms with Crippen LogP contribution in [-0.4, -0.2) is 4.98 Å². The fourth-order valence-electron chi connectivity index (χ4n) is 1.68. The third-order valence-electron chi connectivity index (χ3n) is 2.84. The van der Waals surface area contributed by atoms with E-state index in [-0.39, 0.29) is 6.04 Å². The van der Waals surface area contributed by atoms with Crippen LogP contribution in [-0.2, 0) is 6.54 Å². The molecule has 0 unspecified atom stereocenters. The Bertz CT molecular complexity index is 558. The second-order valence-corrected chi connectivity index (χ2v) is 5.08. The lowest BCUT2D eigenvalue weighted by Crippen LogP contribution is -2.18. The highest BCUT2D eigenvalue weighted by Gasteiger charge is 2.08. The van der Waals surface area contributed by atoms with Crippen LogP contribution in [0, 0.1) is 11.6 Å². The number of aromatic nitrogens is 1. The molecule has 1 N–H and O–H groups in total. The van der Waals surface area contributed by atoms with E-state index in [9.17, 15) is 8.78 Å². The minimum absolute atomic E-state index is 0.0706. The molecule has 2 rings (SSSR count). The molecule has 0 amide bonds. The van der Waals surface area contributed by atoms with Crippen LogP contribution in [0.2, 0.25) is 0 Å². The van der Waals surface area contributed by atoms with E-state index in [1.807, 2.05) is 19.1 Å². The molecule has 5 heteroatoms. The van der Waals surface area contributed by atoms with Gasteiger partial charge in [0.25, 0.3) is 0 Å². The minimum atomic E-state index is -0.826. The van der Waals surface area contributed by atoms with Crippen LogP contribution in [0.5, 0.6) is 0 Å². The first-order valence-electron chi connectivity index (χ1n) is 5.85. The predicted molar refractivity (Wildman–Crippen MR) is 73.5 cm³/mol. The molecule has 1 aromatic carbocycles. The van der Waals surface area contributed by atoms with Crippen molar-refractivity contribution in [2.24, 2.45) is 0 Å². The van der Waals surface area contributed by atoms with Crippen molar-refractivity contribution < 1.29 is 8.78 Å². The van der Waals surface area contributed by atoms with Gasteiger partial charge in [0.1, 0.15) is 4.60 Å². The van der Waals surface area contributed by atoms with Crippen LogP contribution < -0.4 is 5.32 Å². The molecule has 0 bridgehead atoms. The number of nitrogens with zero attached hydrogens (tertiary/aromatic N) is 1. The zero-order valence-corrected chi connectivity index (χ0v) is 11.9. The highest BCUT2D eigenvalue weighted by Crippen LogP contribution is 2.16. The van der Waals surface area contributed by atoms with Gasteiger partial charge in [-0.25, -0.2) is 13.8 Å². The lowest BCUT2D eigenvalue weighted by Gasteiger charge is -2.14. The number of pyridine rings is 1. The standard InChI is InChI=1S/C14H13BrF2N2/c1-9(11-3-4-12(16)13(17)6-11)18-7-10-2-5-14(15)19-8-10/h2-6,8-9,18H,7H2,1H3/t9-/m1/s1. The van der Waals surface area contributed by atoms with Crippen molar-refractivity contribution >= 4 is 15.9 Å². The maximum atomic E-state index is 13.1. The average molecular weight is 327 g/mol. The predicted octanol–water partition coefficient (Wildman–Crippen LogP) is 3.97. The van der Waals surface area contributed by atoms with Crippen molar-refractivity contribution in [3.63, 3.8) is 0 Å². The Morgan fingerprint density at radius 2 is 2.00 bits per heavy atom. The second-order valence-electron chi connectivity index (χ2n) is 4.27. The number of rotatable bonds is 4. The lowest BCUT2D eigenvalue weighted by atomic mass is 10.1. The molecule has 1 atom stereocenters. The van der Waals surface area contributed by atoms with E-state index in [1.165, 1.54) is 6.07 Å². The fourth-order valence-corrected chi connectivity index (χ4v) is 1.92. The molecule has 1 aromatic heterocycles. The summed E-state index contributed by atoms with van der Waals surface area (Å²) in [5.74, 6) is -1.65. The van der Waals surface area contributed by atoms with Gasteiger partial charge in [0, 0.05) is 18.8 Å². The van der Waals surface area contributed by atoms with Gasteiger partial charge in [-0.3, -0.25) is 0 Å². The molecule has 1 heterocycles. The van der Waals surface area contributed by atoms with Crippen LogP contribution in [0.4, 0.5) is 8.78 Å². The third kappa shape index (κ3) is 3.81. The Labute approximate surface area is 119 Å². The molecule has 100 valence electrons.